The van der Waals surface area contributed by atoms with Gasteiger partial charge < -0.3 is 10.2 Å². The van der Waals surface area contributed by atoms with E-state index in [1.807, 2.05) is 4.90 Å². The maximum atomic E-state index is 12.5. The minimum atomic E-state index is -0.110. The zero-order chi connectivity index (χ0) is 14.8. The van der Waals surface area contributed by atoms with Crippen molar-refractivity contribution in [2.45, 2.75) is 38.6 Å². The summed E-state index contributed by atoms with van der Waals surface area (Å²) in [5.74, 6) is 0.354. The van der Waals surface area contributed by atoms with Gasteiger partial charge in [-0.2, -0.15) is 0 Å². The summed E-state index contributed by atoms with van der Waals surface area (Å²) in [6.07, 6.45) is 5.85. The lowest BCUT2D eigenvalue weighted by Gasteiger charge is -2.30. The van der Waals surface area contributed by atoms with Crippen LogP contribution in [0.1, 0.15) is 53.5 Å². The van der Waals surface area contributed by atoms with E-state index in [1.54, 1.807) is 18.3 Å². The molecule has 1 saturated heterocycles. The molecule has 3 rings (SSSR count). The second-order valence-electron chi connectivity index (χ2n) is 6.18. The first-order valence-corrected chi connectivity index (χ1v) is 7.69. The molecule has 0 aromatic carbocycles. The van der Waals surface area contributed by atoms with Crippen LogP contribution in [0.15, 0.2) is 18.3 Å². The number of nitrogens with zero attached hydrogens (tertiary/aromatic N) is 2. The fraction of sp³-hybridized carbons (Fsp3) is 0.562. The van der Waals surface area contributed by atoms with Crippen LogP contribution in [0.3, 0.4) is 0 Å². The summed E-state index contributed by atoms with van der Waals surface area (Å²) in [5.41, 5.74) is 0.887. The Kier molecular flexibility index (Phi) is 3.90. The average molecular weight is 287 g/mol. The lowest BCUT2D eigenvalue weighted by molar-refractivity contribution is 0.0677. The van der Waals surface area contributed by atoms with Crippen LogP contribution >= 0.6 is 0 Å². The summed E-state index contributed by atoms with van der Waals surface area (Å²) in [4.78, 5) is 30.5. The Balaban J connectivity index is 1.72. The predicted molar refractivity (Wildman–Crippen MR) is 79.0 cm³/mol. The highest BCUT2D eigenvalue weighted by Crippen LogP contribution is 2.20. The Labute approximate surface area is 124 Å². The van der Waals surface area contributed by atoms with E-state index in [0.29, 0.717) is 23.2 Å². The smallest absolute Gasteiger partial charge is 0.272 e. The largest absolute Gasteiger partial charge is 0.349 e. The SMILES string of the molecule is CC1CCCN(C(=O)c2cc(C(=O)NC3CC3)ccn2)C1. The third-order valence-corrected chi connectivity index (χ3v) is 4.10. The van der Waals surface area contributed by atoms with Crippen LogP contribution in [-0.4, -0.2) is 40.8 Å². The van der Waals surface area contributed by atoms with Crippen molar-refractivity contribution >= 4 is 11.8 Å². The summed E-state index contributed by atoms with van der Waals surface area (Å²) >= 11 is 0. The highest BCUT2D eigenvalue weighted by molar-refractivity contribution is 5.98. The van der Waals surface area contributed by atoms with Crippen molar-refractivity contribution in [2.24, 2.45) is 5.92 Å². The van der Waals surface area contributed by atoms with Gasteiger partial charge in [0.05, 0.1) is 0 Å². The number of piperidine rings is 1. The third-order valence-electron chi connectivity index (χ3n) is 4.10. The lowest BCUT2D eigenvalue weighted by Crippen LogP contribution is -2.39. The van der Waals surface area contributed by atoms with Gasteiger partial charge in [-0.25, -0.2) is 0 Å². The van der Waals surface area contributed by atoms with Gasteiger partial charge in [0.15, 0.2) is 0 Å². The van der Waals surface area contributed by atoms with Crippen LogP contribution in [-0.2, 0) is 0 Å². The van der Waals surface area contributed by atoms with Crippen molar-refractivity contribution in [3.8, 4) is 0 Å². The molecular formula is C16H21N3O2. The third kappa shape index (κ3) is 3.40. The van der Waals surface area contributed by atoms with Gasteiger partial charge in [0.25, 0.3) is 11.8 Å². The number of nitrogens with one attached hydrogen (secondary N) is 1. The normalized spacial score (nSPS) is 22.0. The van der Waals surface area contributed by atoms with E-state index in [2.05, 4.69) is 17.2 Å². The molecule has 1 aliphatic carbocycles. The molecule has 2 aliphatic rings. The van der Waals surface area contributed by atoms with Gasteiger partial charge in [-0.1, -0.05) is 6.92 Å². The highest BCUT2D eigenvalue weighted by Gasteiger charge is 2.26. The number of rotatable bonds is 3. The van der Waals surface area contributed by atoms with E-state index < -0.39 is 0 Å². The molecule has 1 aromatic rings. The van der Waals surface area contributed by atoms with Crippen LogP contribution in [0.25, 0.3) is 0 Å². The van der Waals surface area contributed by atoms with E-state index in [-0.39, 0.29) is 11.8 Å². The Bertz CT molecular complexity index is 554. The number of likely N-dealkylation sites (tertiary alicyclic amines) is 1. The standard InChI is InChI=1S/C16H21N3O2/c1-11-3-2-8-19(10-11)16(21)14-9-12(6-7-17-14)15(20)18-13-4-5-13/h6-7,9,11,13H,2-5,8,10H2,1H3,(H,18,20). The van der Waals surface area contributed by atoms with E-state index >= 15 is 0 Å². The maximum absolute atomic E-state index is 12.5. The minimum absolute atomic E-state index is 0.0670. The fourth-order valence-electron chi connectivity index (χ4n) is 2.72. The molecule has 1 aromatic heterocycles. The van der Waals surface area contributed by atoms with Crippen LogP contribution in [0, 0.1) is 5.92 Å². The number of hydrogen-bond acceptors (Lipinski definition) is 3. The highest BCUT2D eigenvalue weighted by atomic mass is 16.2. The zero-order valence-electron chi connectivity index (χ0n) is 12.3. The number of carbonyl (C=O) groups excluding carboxylic acids is 2. The number of carbonyl (C=O) groups is 2. The summed E-state index contributed by atoms with van der Waals surface area (Å²) in [5, 5.41) is 2.93. The molecule has 1 N–H and O–H groups in total. The van der Waals surface area contributed by atoms with Gasteiger partial charge in [0.2, 0.25) is 0 Å². The molecule has 1 atom stereocenters. The molecule has 0 radical (unpaired) electrons. The van der Waals surface area contributed by atoms with Crippen molar-refractivity contribution in [3.05, 3.63) is 29.6 Å². The second-order valence-corrected chi connectivity index (χ2v) is 6.18. The van der Waals surface area contributed by atoms with Gasteiger partial charge in [-0.3, -0.25) is 14.6 Å². The summed E-state index contributed by atoms with van der Waals surface area (Å²) in [7, 11) is 0. The fourth-order valence-corrected chi connectivity index (χ4v) is 2.72. The molecule has 1 unspecified atom stereocenters. The van der Waals surface area contributed by atoms with Crippen LogP contribution in [0.5, 0.6) is 0 Å². The lowest BCUT2D eigenvalue weighted by atomic mass is 10.00. The first-order valence-electron chi connectivity index (χ1n) is 7.69. The number of aromatic nitrogens is 1. The Hall–Kier alpha value is -1.91. The molecule has 2 amide bonds. The van der Waals surface area contributed by atoms with Gasteiger partial charge in [-0.05, 0) is 43.7 Å². The molecule has 2 heterocycles. The van der Waals surface area contributed by atoms with E-state index in [9.17, 15) is 9.59 Å². The molecule has 1 saturated carbocycles. The van der Waals surface area contributed by atoms with Crippen molar-refractivity contribution in [1.29, 1.82) is 0 Å². The van der Waals surface area contributed by atoms with Crippen molar-refractivity contribution in [1.82, 2.24) is 15.2 Å². The topological polar surface area (TPSA) is 62.3 Å². The Morgan fingerprint density at radius 1 is 1.33 bits per heavy atom. The summed E-state index contributed by atoms with van der Waals surface area (Å²) < 4.78 is 0. The Morgan fingerprint density at radius 2 is 2.14 bits per heavy atom. The molecule has 21 heavy (non-hydrogen) atoms. The van der Waals surface area contributed by atoms with Crippen molar-refractivity contribution < 1.29 is 9.59 Å². The van der Waals surface area contributed by atoms with E-state index in [4.69, 9.17) is 0 Å². The number of pyridine rings is 1. The molecule has 0 spiro atoms. The average Bonchev–Trinajstić information content (AvgIpc) is 3.30. The monoisotopic (exact) mass is 287 g/mol. The first kappa shape index (κ1) is 14.0. The maximum Gasteiger partial charge on any atom is 0.272 e. The number of amides is 2. The van der Waals surface area contributed by atoms with Gasteiger partial charge >= 0.3 is 0 Å². The van der Waals surface area contributed by atoms with Crippen molar-refractivity contribution in [2.75, 3.05) is 13.1 Å². The van der Waals surface area contributed by atoms with E-state index in [0.717, 1.165) is 32.4 Å². The summed E-state index contributed by atoms with van der Waals surface area (Å²) in [6, 6.07) is 3.58. The molecule has 112 valence electrons. The molecule has 1 aliphatic heterocycles. The van der Waals surface area contributed by atoms with Gasteiger partial charge in [0, 0.05) is 30.9 Å². The van der Waals surface area contributed by atoms with E-state index in [1.165, 1.54) is 6.42 Å². The van der Waals surface area contributed by atoms with Crippen LogP contribution in [0.4, 0.5) is 0 Å². The molecule has 5 nitrogen and oxygen atoms in total. The summed E-state index contributed by atoms with van der Waals surface area (Å²) in [6.45, 7) is 3.72. The van der Waals surface area contributed by atoms with Crippen LogP contribution < -0.4 is 5.32 Å². The number of hydrogen-bond donors (Lipinski definition) is 1. The quantitative estimate of drug-likeness (QED) is 0.922. The predicted octanol–water partition coefficient (Wildman–Crippen LogP) is 1.85. The molecule has 2 fully saturated rings. The second kappa shape index (κ2) is 5.84. The van der Waals surface area contributed by atoms with Crippen LogP contribution in [0.2, 0.25) is 0 Å². The van der Waals surface area contributed by atoms with Gasteiger partial charge in [-0.15, -0.1) is 0 Å². The Morgan fingerprint density at radius 3 is 2.86 bits per heavy atom. The first-order chi connectivity index (χ1) is 10.1. The van der Waals surface area contributed by atoms with Gasteiger partial charge in [0.1, 0.15) is 5.69 Å². The van der Waals surface area contributed by atoms with Crippen molar-refractivity contribution in [3.63, 3.8) is 0 Å². The zero-order valence-corrected chi connectivity index (χ0v) is 12.3. The molecule has 0 bridgehead atoms. The minimum Gasteiger partial charge on any atom is -0.349 e. The molecular weight excluding hydrogens is 266 g/mol. The molecule has 5 heteroatoms.